The highest BCUT2D eigenvalue weighted by Crippen LogP contribution is 2.27. The van der Waals surface area contributed by atoms with E-state index in [1.165, 1.54) is 16.8 Å². The van der Waals surface area contributed by atoms with Crippen LogP contribution in [0.2, 0.25) is 0 Å². The van der Waals surface area contributed by atoms with Crippen LogP contribution in [-0.4, -0.2) is 27.7 Å². The van der Waals surface area contributed by atoms with Crippen LogP contribution in [-0.2, 0) is 11.3 Å². The van der Waals surface area contributed by atoms with Crippen molar-refractivity contribution in [2.45, 2.75) is 26.3 Å². The van der Waals surface area contributed by atoms with Crippen molar-refractivity contribution in [2.24, 2.45) is 0 Å². The van der Waals surface area contributed by atoms with Crippen LogP contribution in [0.5, 0.6) is 5.75 Å². The Bertz CT molecular complexity index is 1170. The Balaban J connectivity index is 1.66. The molecule has 9 nitrogen and oxygen atoms in total. The summed E-state index contributed by atoms with van der Waals surface area (Å²) < 4.78 is 6.52. The summed E-state index contributed by atoms with van der Waals surface area (Å²) in [5, 5.41) is 18.2. The molecule has 9 heteroatoms. The maximum absolute atomic E-state index is 12.3. The van der Waals surface area contributed by atoms with E-state index in [0.717, 1.165) is 5.56 Å². The molecule has 0 saturated carbocycles. The summed E-state index contributed by atoms with van der Waals surface area (Å²) in [7, 11) is 1.57. The van der Waals surface area contributed by atoms with E-state index < -0.39 is 4.92 Å². The standard InChI is InChI=1S/C22H22N4O5/c1-15-6-3-9-19(26(29)30)22(15)23-20(27)10-5-13-25-21(28)12-11-18(24-25)16-7-4-8-17(14-16)31-2/h3-4,6-9,11-12,14H,5,10,13H2,1-2H3,(H,23,27). The molecule has 160 valence electrons. The molecule has 0 aliphatic rings. The van der Waals surface area contributed by atoms with Crippen molar-refractivity contribution < 1.29 is 14.5 Å². The van der Waals surface area contributed by atoms with Crippen LogP contribution in [0.25, 0.3) is 11.3 Å². The maximum atomic E-state index is 12.3. The molecule has 1 aromatic heterocycles. The molecular weight excluding hydrogens is 400 g/mol. The number of methoxy groups -OCH3 is 1. The van der Waals surface area contributed by atoms with E-state index in [0.29, 0.717) is 23.4 Å². The van der Waals surface area contributed by atoms with Crippen LogP contribution in [0.1, 0.15) is 18.4 Å². The van der Waals surface area contributed by atoms with Crippen molar-refractivity contribution in [3.8, 4) is 17.0 Å². The number of benzene rings is 2. The fourth-order valence-corrected chi connectivity index (χ4v) is 3.10. The number of carbonyl (C=O) groups is 1. The highest BCUT2D eigenvalue weighted by Gasteiger charge is 2.17. The first-order chi connectivity index (χ1) is 14.9. The number of anilines is 1. The minimum Gasteiger partial charge on any atom is -0.497 e. The molecule has 1 N–H and O–H groups in total. The Morgan fingerprint density at radius 1 is 1.19 bits per heavy atom. The first-order valence-corrected chi connectivity index (χ1v) is 9.65. The molecule has 31 heavy (non-hydrogen) atoms. The second kappa shape index (κ2) is 9.66. The lowest BCUT2D eigenvalue weighted by molar-refractivity contribution is -0.384. The minimum atomic E-state index is -0.532. The van der Waals surface area contributed by atoms with Crippen molar-refractivity contribution in [1.82, 2.24) is 9.78 Å². The van der Waals surface area contributed by atoms with Gasteiger partial charge in [0.1, 0.15) is 11.4 Å². The average molecular weight is 422 g/mol. The number of nitrogens with zero attached hydrogens (tertiary/aromatic N) is 3. The molecule has 0 spiro atoms. The molecule has 0 fully saturated rings. The van der Waals surface area contributed by atoms with Crippen molar-refractivity contribution in [3.05, 3.63) is 80.6 Å². The number of aromatic nitrogens is 2. The van der Waals surface area contributed by atoms with Gasteiger partial charge in [-0.05, 0) is 37.1 Å². The van der Waals surface area contributed by atoms with Gasteiger partial charge in [-0.1, -0.05) is 24.3 Å². The highest BCUT2D eigenvalue weighted by atomic mass is 16.6. The van der Waals surface area contributed by atoms with Gasteiger partial charge >= 0.3 is 0 Å². The van der Waals surface area contributed by atoms with Crippen LogP contribution < -0.4 is 15.6 Å². The van der Waals surface area contributed by atoms with Gasteiger partial charge < -0.3 is 10.1 Å². The Kier molecular flexibility index (Phi) is 6.76. The summed E-state index contributed by atoms with van der Waals surface area (Å²) in [6, 6.07) is 15.0. The fraction of sp³-hybridized carbons (Fsp3) is 0.227. The van der Waals surface area contributed by atoms with Crippen molar-refractivity contribution in [1.29, 1.82) is 0 Å². The lowest BCUT2D eigenvalue weighted by Crippen LogP contribution is -2.23. The van der Waals surface area contributed by atoms with Crippen LogP contribution in [0.4, 0.5) is 11.4 Å². The van der Waals surface area contributed by atoms with Crippen LogP contribution in [0, 0.1) is 17.0 Å². The third kappa shape index (κ3) is 5.33. The summed E-state index contributed by atoms with van der Waals surface area (Å²) in [5.41, 5.74) is 1.77. The van der Waals surface area contributed by atoms with E-state index in [-0.39, 0.29) is 35.8 Å². The Hall–Kier alpha value is -4.01. The first-order valence-electron chi connectivity index (χ1n) is 9.65. The second-order valence-electron chi connectivity index (χ2n) is 6.89. The summed E-state index contributed by atoms with van der Waals surface area (Å²) in [5.74, 6) is 0.313. The lowest BCUT2D eigenvalue weighted by atomic mass is 10.1. The normalized spacial score (nSPS) is 10.5. The second-order valence-corrected chi connectivity index (χ2v) is 6.89. The largest absolute Gasteiger partial charge is 0.497 e. The molecule has 0 radical (unpaired) electrons. The number of nitro benzene ring substituents is 1. The number of aryl methyl sites for hydroxylation is 2. The molecule has 0 aliphatic heterocycles. The predicted molar refractivity (Wildman–Crippen MR) is 116 cm³/mol. The number of ether oxygens (including phenoxy) is 1. The molecular formula is C22H22N4O5. The Morgan fingerprint density at radius 2 is 1.97 bits per heavy atom. The number of nitrogens with one attached hydrogen (secondary N) is 1. The molecule has 0 unspecified atom stereocenters. The van der Waals surface area contributed by atoms with Crippen molar-refractivity contribution in [2.75, 3.05) is 12.4 Å². The monoisotopic (exact) mass is 422 g/mol. The quantitative estimate of drug-likeness (QED) is 0.438. The lowest BCUT2D eigenvalue weighted by Gasteiger charge is -2.10. The number of hydrogen-bond donors (Lipinski definition) is 1. The highest BCUT2D eigenvalue weighted by molar-refractivity contribution is 5.94. The van der Waals surface area contributed by atoms with Gasteiger partial charge in [0.15, 0.2) is 0 Å². The van der Waals surface area contributed by atoms with E-state index in [2.05, 4.69) is 10.4 Å². The minimum absolute atomic E-state index is 0.0863. The summed E-state index contributed by atoms with van der Waals surface area (Å²) >= 11 is 0. The van der Waals surface area contributed by atoms with E-state index in [1.807, 2.05) is 24.3 Å². The van der Waals surface area contributed by atoms with Crippen LogP contribution in [0.15, 0.2) is 59.4 Å². The Morgan fingerprint density at radius 3 is 2.71 bits per heavy atom. The van der Waals surface area contributed by atoms with Gasteiger partial charge in [0, 0.05) is 30.7 Å². The number of rotatable bonds is 8. The number of carbonyl (C=O) groups excluding carboxylic acids is 1. The molecule has 3 aromatic rings. The predicted octanol–water partition coefficient (Wildman–Crippen LogP) is 3.55. The number of nitro groups is 1. The van der Waals surface area contributed by atoms with Gasteiger partial charge in [-0.15, -0.1) is 0 Å². The van der Waals surface area contributed by atoms with E-state index >= 15 is 0 Å². The molecule has 1 amide bonds. The fourth-order valence-electron chi connectivity index (χ4n) is 3.10. The zero-order valence-corrected chi connectivity index (χ0v) is 17.2. The number of amides is 1. The maximum Gasteiger partial charge on any atom is 0.293 e. The molecule has 1 heterocycles. The average Bonchev–Trinajstić information content (AvgIpc) is 2.76. The van der Waals surface area contributed by atoms with Crippen molar-refractivity contribution in [3.63, 3.8) is 0 Å². The molecule has 0 bridgehead atoms. The molecule has 3 rings (SSSR count). The smallest absolute Gasteiger partial charge is 0.293 e. The van der Waals surface area contributed by atoms with E-state index in [4.69, 9.17) is 4.74 Å². The van der Waals surface area contributed by atoms with E-state index in [1.54, 1.807) is 32.2 Å². The summed E-state index contributed by atoms with van der Waals surface area (Å²) in [6.45, 7) is 1.93. The zero-order valence-electron chi connectivity index (χ0n) is 17.2. The topological polar surface area (TPSA) is 116 Å². The number of hydrogen-bond acceptors (Lipinski definition) is 6. The van der Waals surface area contributed by atoms with Gasteiger partial charge in [0.05, 0.1) is 17.7 Å². The third-order valence-electron chi connectivity index (χ3n) is 4.72. The van der Waals surface area contributed by atoms with Gasteiger partial charge in [0.25, 0.3) is 11.2 Å². The van der Waals surface area contributed by atoms with Gasteiger partial charge in [-0.25, -0.2) is 4.68 Å². The third-order valence-corrected chi connectivity index (χ3v) is 4.72. The van der Waals surface area contributed by atoms with Crippen molar-refractivity contribution >= 4 is 17.3 Å². The van der Waals surface area contributed by atoms with Gasteiger partial charge in [-0.3, -0.25) is 19.7 Å². The molecule has 0 aliphatic carbocycles. The Labute approximate surface area is 178 Å². The summed E-state index contributed by atoms with van der Waals surface area (Å²) in [4.78, 5) is 35.1. The zero-order chi connectivity index (χ0) is 22.4. The SMILES string of the molecule is COc1cccc(-c2ccc(=O)n(CCCC(=O)Nc3c(C)cccc3[N+](=O)[O-])n2)c1. The van der Waals surface area contributed by atoms with Gasteiger partial charge in [-0.2, -0.15) is 5.10 Å². The van der Waals surface area contributed by atoms with Crippen LogP contribution >= 0.6 is 0 Å². The van der Waals surface area contributed by atoms with Gasteiger partial charge in [0.2, 0.25) is 5.91 Å². The van der Waals surface area contributed by atoms with E-state index in [9.17, 15) is 19.7 Å². The first kappa shape index (κ1) is 21.7. The molecule has 0 saturated heterocycles. The summed E-state index contributed by atoms with van der Waals surface area (Å²) in [6.07, 6.45) is 0.434. The number of para-hydroxylation sites is 1. The van der Waals surface area contributed by atoms with Crippen LogP contribution in [0.3, 0.4) is 0 Å². The molecule has 0 atom stereocenters. The molecule has 2 aromatic carbocycles.